The lowest BCUT2D eigenvalue weighted by molar-refractivity contribution is -0.130. The summed E-state index contributed by atoms with van der Waals surface area (Å²) in [7, 11) is 5.43. The molecule has 6 nitrogen and oxygen atoms in total. The van der Waals surface area contributed by atoms with Gasteiger partial charge in [-0.1, -0.05) is 36.4 Å². The van der Waals surface area contributed by atoms with E-state index >= 15 is 0 Å². The van der Waals surface area contributed by atoms with Gasteiger partial charge >= 0.3 is 0 Å². The normalized spacial score (nSPS) is 14.0. The van der Waals surface area contributed by atoms with Crippen molar-refractivity contribution in [3.63, 3.8) is 0 Å². The molecule has 0 saturated heterocycles. The molecule has 1 aromatic heterocycles. The number of hydrogen-bond donors (Lipinski definition) is 1. The van der Waals surface area contributed by atoms with Crippen LogP contribution in [-0.4, -0.2) is 71.7 Å². The van der Waals surface area contributed by atoms with Crippen molar-refractivity contribution in [2.45, 2.75) is 11.3 Å². The number of likely N-dealkylation sites (N-methyl/N-ethyl adjacent to an activating group) is 1. The number of benzene rings is 2. The van der Waals surface area contributed by atoms with E-state index in [1.54, 1.807) is 30.9 Å². The number of rotatable bonds is 6. The van der Waals surface area contributed by atoms with Crippen LogP contribution in [0, 0.1) is 0 Å². The summed E-state index contributed by atoms with van der Waals surface area (Å²) in [6.07, 6.45) is 3.05. The average molecular weight is 449 g/mol. The number of aromatic amines is 1. The summed E-state index contributed by atoms with van der Waals surface area (Å²) in [5.74, 6) is 0.0789. The molecule has 2 heterocycles. The average Bonchev–Trinajstić information content (AvgIpc) is 3.22. The molecule has 0 saturated carbocycles. The molecule has 0 unspecified atom stereocenters. The summed E-state index contributed by atoms with van der Waals surface area (Å²) in [6, 6.07) is 18.1. The zero-order valence-corrected chi connectivity index (χ0v) is 19.5. The van der Waals surface area contributed by atoms with Crippen LogP contribution in [0.2, 0.25) is 0 Å². The Bertz CT molecular complexity index is 1150. The lowest BCUT2D eigenvalue weighted by atomic mass is 10.00. The first kappa shape index (κ1) is 22.2. The Morgan fingerprint density at radius 2 is 1.84 bits per heavy atom. The largest absolute Gasteiger partial charge is 0.351 e. The Morgan fingerprint density at radius 1 is 1.06 bits per heavy atom. The van der Waals surface area contributed by atoms with Gasteiger partial charge in [0.25, 0.3) is 5.91 Å². The molecule has 0 atom stereocenters. The fraction of sp³-hybridized carbons (Fsp3) is 0.280. The number of fused-ring (bicyclic) bond motifs is 1. The van der Waals surface area contributed by atoms with E-state index in [4.69, 9.17) is 0 Å². The lowest BCUT2D eigenvalue weighted by Gasteiger charge is -2.29. The van der Waals surface area contributed by atoms with E-state index in [1.165, 1.54) is 0 Å². The molecule has 2 aromatic carbocycles. The van der Waals surface area contributed by atoms with Gasteiger partial charge in [-0.05, 0) is 60.8 Å². The highest BCUT2D eigenvalue weighted by molar-refractivity contribution is 7.97. The van der Waals surface area contributed by atoms with Crippen molar-refractivity contribution >= 4 is 40.2 Å². The standard InChI is InChI=1S/C25H28N4O2S/c1-27(2)25(31)23-15-19-12-11-18(14-22(19)26-23)20-8-7-13-29(16-20)24(30)17-28(3)32-21-9-5-4-6-10-21/h4-6,8-12,14-15,26H,7,13,16-17H2,1-3H3. The van der Waals surface area contributed by atoms with E-state index in [0.717, 1.165) is 39.9 Å². The minimum absolute atomic E-state index is 0.0473. The van der Waals surface area contributed by atoms with Crippen LogP contribution >= 0.6 is 11.9 Å². The third kappa shape index (κ3) is 5.06. The fourth-order valence-electron chi connectivity index (χ4n) is 3.83. The van der Waals surface area contributed by atoms with Crippen molar-refractivity contribution in [2.24, 2.45) is 0 Å². The topological polar surface area (TPSA) is 59.7 Å². The molecule has 0 radical (unpaired) electrons. The maximum absolute atomic E-state index is 12.9. The van der Waals surface area contributed by atoms with Crippen LogP contribution < -0.4 is 0 Å². The number of carbonyl (C=O) groups excluding carboxylic acids is 2. The number of amides is 2. The van der Waals surface area contributed by atoms with Gasteiger partial charge in [0, 0.05) is 43.0 Å². The van der Waals surface area contributed by atoms with E-state index in [-0.39, 0.29) is 11.8 Å². The molecule has 4 rings (SSSR count). The first-order valence-electron chi connectivity index (χ1n) is 10.7. The van der Waals surface area contributed by atoms with E-state index in [1.807, 2.05) is 58.7 Å². The number of carbonyl (C=O) groups is 2. The van der Waals surface area contributed by atoms with Crippen molar-refractivity contribution in [1.82, 2.24) is 19.1 Å². The molecule has 0 spiro atoms. The fourth-order valence-corrected chi connectivity index (χ4v) is 4.65. The van der Waals surface area contributed by atoms with Crippen molar-refractivity contribution < 1.29 is 9.59 Å². The maximum Gasteiger partial charge on any atom is 0.269 e. The minimum atomic E-state index is -0.0473. The lowest BCUT2D eigenvalue weighted by Crippen LogP contribution is -2.40. The number of hydrogen-bond acceptors (Lipinski definition) is 4. The Balaban J connectivity index is 1.43. The second kappa shape index (κ2) is 9.63. The SMILES string of the molecule is CN(CC(=O)N1CCC=C(c2ccc3cc(C(=O)N(C)C)[nH]c3c2)C1)Sc1ccccc1. The van der Waals surface area contributed by atoms with Gasteiger partial charge in [0.05, 0.1) is 6.54 Å². The molecule has 0 fully saturated rings. The Labute approximate surface area is 193 Å². The van der Waals surface area contributed by atoms with Crippen molar-refractivity contribution in [3.05, 3.63) is 71.9 Å². The molecular weight excluding hydrogens is 420 g/mol. The van der Waals surface area contributed by atoms with Crippen LogP contribution in [0.3, 0.4) is 0 Å². The third-order valence-corrected chi connectivity index (χ3v) is 6.42. The summed E-state index contributed by atoms with van der Waals surface area (Å²) in [5.41, 5.74) is 3.72. The van der Waals surface area contributed by atoms with Gasteiger partial charge in [-0.25, -0.2) is 4.31 Å². The Kier molecular flexibility index (Phi) is 6.67. The van der Waals surface area contributed by atoms with Crippen LogP contribution in [0.25, 0.3) is 16.5 Å². The van der Waals surface area contributed by atoms with Gasteiger partial charge in [0.2, 0.25) is 5.91 Å². The van der Waals surface area contributed by atoms with Gasteiger partial charge in [0.15, 0.2) is 0 Å². The highest BCUT2D eigenvalue weighted by atomic mass is 32.2. The molecule has 3 aromatic rings. The van der Waals surface area contributed by atoms with E-state index in [0.29, 0.717) is 18.8 Å². The molecule has 7 heteroatoms. The van der Waals surface area contributed by atoms with Crippen molar-refractivity contribution in [2.75, 3.05) is 40.8 Å². The van der Waals surface area contributed by atoms with E-state index < -0.39 is 0 Å². The van der Waals surface area contributed by atoms with Crippen LogP contribution in [0.4, 0.5) is 0 Å². The molecule has 2 amide bonds. The summed E-state index contributed by atoms with van der Waals surface area (Å²) >= 11 is 1.58. The van der Waals surface area contributed by atoms with Crippen LogP contribution in [0.5, 0.6) is 0 Å². The molecule has 1 aliphatic heterocycles. The van der Waals surface area contributed by atoms with Gasteiger partial charge < -0.3 is 14.8 Å². The summed E-state index contributed by atoms with van der Waals surface area (Å²) in [5, 5.41) is 1.00. The highest BCUT2D eigenvalue weighted by Gasteiger charge is 2.21. The molecule has 1 aliphatic rings. The predicted octanol–water partition coefficient (Wildman–Crippen LogP) is 4.12. The first-order valence-corrected chi connectivity index (χ1v) is 11.4. The molecule has 32 heavy (non-hydrogen) atoms. The smallest absolute Gasteiger partial charge is 0.269 e. The number of nitrogens with zero attached hydrogens (tertiary/aromatic N) is 3. The van der Waals surface area contributed by atoms with Gasteiger partial charge in [0.1, 0.15) is 5.69 Å². The number of nitrogens with one attached hydrogen (secondary N) is 1. The van der Waals surface area contributed by atoms with Gasteiger partial charge in [-0.15, -0.1) is 0 Å². The molecular formula is C25H28N4O2S. The number of aromatic nitrogens is 1. The summed E-state index contributed by atoms with van der Waals surface area (Å²) < 4.78 is 1.98. The van der Waals surface area contributed by atoms with Gasteiger partial charge in [-0.2, -0.15) is 0 Å². The maximum atomic E-state index is 12.9. The molecule has 0 bridgehead atoms. The molecule has 1 N–H and O–H groups in total. The molecule has 0 aliphatic carbocycles. The summed E-state index contributed by atoms with van der Waals surface area (Å²) in [6.45, 7) is 1.69. The van der Waals surface area contributed by atoms with Crippen LogP contribution in [-0.2, 0) is 4.79 Å². The Morgan fingerprint density at radius 3 is 2.59 bits per heavy atom. The highest BCUT2D eigenvalue weighted by Crippen LogP contribution is 2.26. The number of H-pyrrole nitrogens is 1. The first-order chi connectivity index (χ1) is 15.4. The van der Waals surface area contributed by atoms with Crippen molar-refractivity contribution in [1.29, 1.82) is 0 Å². The van der Waals surface area contributed by atoms with E-state index in [2.05, 4.69) is 23.2 Å². The Hall–Kier alpha value is -3.03. The van der Waals surface area contributed by atoms with Crippen LogP contribution in [0.1, 0.15) is 22.5 Å². The molecule has 166 valence electrons. The second-order valence-electron chi connectivity index (χ2n) is 8.21. The summed E-state index contributed by atoms with van der Waals surface area (Å²) in [4.78, 5) is 33.0. The monoisotopic (exact) mass is 448 g/mol. The minimum Gasteiger partial charge on any atom is -0.351 e. The quantitative estimate of drug-likeness (QED) is 0.576. The van der Waals surface area contributed by atoms with Crippen molar-refractivity contribution in [3.8, 4) is 0 Å². The third-order valence-electron chi connectivity index (χ3n) is 5.50. The second-order valence-corrected chi connectivity index (χ2v) is 9.49. The van der Waals surface area contributed by atoms with Crippen LogP contribution in [0.15, 0.2) is 65.6 Å². The zero-order chi connectivity index (χ0) is 22.7. The predicted molar refractivity (Wildman–Crippen MR) is 130 cm³/mol. The van der Waals surface area contributed by atoms with Gasteiger partial charge in [-0.3, -0.25) is 9.59 Å². The zero-order valence-electron chi connectivity index (χ0n) is 18.7. The van der Waals surface area contributed by atoms with E-state index in [9.17, 15) is 9.59 Å².